The smallest absolute Gasteiger partial charge is 0.241 e. The first-order chi connectivity index (χ1) is 7.97. The van der Waals surface area contributed by atoms with E-state index in [-0.39, 0.29) is 5.91 Å². The number of nitrogens with zero attached hydrogens (tertiary/aromatic N) is 2. The number of likely N-dealkylation sites (N-methyl/N-ethyl adjacent to an activating group) is 2. The quantitative estimate of drug-likeness (QED) is 0.804. The van der Waals surface area contributed by atoms with Crippen LogP contribution in [-0.4, -0.2) is 38.0 Å². The first-order valence-corrected chi connectivity index (χ1v) is 5.77. The molecule has 1 aromatic carbocycles. The number of nitrogen functional groups attached to an aromatic ring is 1. The van der Waals surface area contributed by atoms with Gasteiger partial charge in [-0.15, -0.1) is 0 Å². The third-order valence-electron chi connectivity index (χ3n) is 2.85. The Kier molecular flexibility index (Phi) is 4.37. The Morgan fingerprint density at radius 1 is 1.35 bits per heavy atom. The third-order valence-corrected chi connectivity index (χ3v) is 2.85. The number of hydrogen-bond acceptors (Lipinski definition) is 3. The first kappa shape index (κ1) is 13.4. The van der Waals surface area contributed by atoms with E-state index in [1.54, 1.807) is 19.0 Å². The van der Waals surface area contributed by atoms with E-state index in [1.807, 2.05) is 36.9 Å². The maximum absolute atomic E-state index is 11.7. The Hall–Kier alpha value is -1.71. The van der Waals surface area contributed by atoms with Crippen LogP contribution >= 0.6 is 0 Å². The summed E-state index contributed by atoms with van der Waals surface area (Å²) in [5.74, 6) is 0.0766. The highest BCUT2D eigenvalue weighted by molar-refractivity contribution is 5.83. The number of para-hydroxylation sites is 1. The van der Waals surface area contributed by atoms with Gasteiger partial charge < -0.3 is 15.5 Å². The van der Waals surface area contributed by atoms with Crippen molar-refractivity contribution in [2.45, 2.75) is 13.8 Å². The van der Waals surface area contributed by atoms with Crippen molar-refractivity contribution in [3.8, 4) is 0 Å². The molecule has 1 amide bonds. The van der Waals surface area contributed by atoms with Crippen LogP contribution in [0, 0.1) is 6.92 Å². The maximum Gasteiger partial charge on any atom is 0.241 e. The standard InChI is InChI=1S/C13H21N3O/c1-5-16(9-12(17)15(3)4)11-8-6-7-10(2)13(11)14/h6-8H,5,9,14H2,1-4H3. The molecule has 0 bridgehead atoms. The highest BCUT2D eigenvalue weighted by Crippen LogP contribution is 2.25. The Bertz CT molecular complexity index is 402. The lowest BCUT2D eigenvalue weighted by atomic mass is 10.1. The van der Waals surface area contributed by atoms with Gasteiger partial charge in [-0.25, -0.2) is 0 Å². The number of anilines is 2. The van der Waals surface area contributed by atoms with Crippen molar-refractivity contribution in [3.63, 3.8) is 0 Å². The zero-order valence-electron chi connectivity index (χ0n) is 11.0. The van der Waals surface area contributed by atoms with Gasteiger partial charge >= 0.3 is 0 Å². The van der Waals surface area contributed by atoms with Crippen molar-refractivity contribution in [2.24, 2.45) is 0 Å². The second kappa shape index (κ2) is 5.57. The third kappa shape index (κ3) is 3.12. The van der Waals surface area contributed by atoms with E-state index in [4.69, 9.17) is 5.73 Å². The molecule has 0 aliphatic carbocycles. The van der Waals surface area contributed by atoms with Gasteiger partial charge in [-0.1, -0.05) is 12.1 Å². The summed E-state index contributed by atoms with van der Waals surface area (Å²) in [6.07, 6.45) is 0. The molecule has 2 N–H and O–H groups in total. The molecule has 0 atom stereocenters. The van der Waals surface area contributed by atoms with Gasteiger partial charge in [-0.05, 0) is 25.5 Å². The summed E-state index contributed by atoms with van der Waals surface area (Å²) in [7, 11) is 3.52. The molecule has 0 aromatic heterocycles. The molecule has 0 spiro atoms. The topological polar surface area (TPSA) is 49.6 Å². The number of carbonyl (C=O) groups is 1. The molecule has 0 aliphatic heterocycles. The van der Waals surface area contributed by atoms with Crippen molar-refractivity contribution in [1.29, 1.82) is 0 Å². The summed E-state index contributed by atoms with van der Waals surface area (Å²) in [6, 6.07) is 5.89. The lowest BCUT2D eigenvalue weighted by molar-refractivity contribution is -0.127. The van der Waals surface area contributed by atoms with Crippen LogP contribution in [0.3, 0.4) is 0 Å². The zero-order chi connectivity index (χ0) is 13.0. The largest absolute Gasteiger partial charge is 0.397 e. The highest BCUT2D eigenvalue weighted by Gasteiger charge is 2.14. The zero-order valence-corrected chi connectivity index (χ0v) is 11.0. The van der Waals surface area contributed by atoms with E-state index in [2.05, 4.69) is 0 Å². The average Bonchev–Trinajstić information content (AvgIpc) is 2.29. The molecule has 0 radical (unpaired) electrons. The van der Waals surface area contributed by atoms with Crippen LogP contribution in [0.2, 0.25) is 0 Å². The van der Waals surface area contributed by atoms with Gasteiger partial charge in [0.25, 0.3) is 0 Å². The van der Waals surface area contributed by atoms with Crippen LogP contribution in [0.15, 0.2) is 18.2 Å². The molecule has 17 heavy (non-hydrogen) atoms. The number of aryl methyl sites for hydroxylation is 1. The second-order valence-corrected chi connectivity index (χ2v) is 4.31. The molecular formula is C13H21N3O. The fraction of sp³-hybridized carbons (Fsp3) is 0.462. The SMILES string of the molecule is CCN(CC(=O)N(C)C)c1cccc(C)c1N. The van der Waals surface area contributed by atoms with Crippen LogP contribution in [0.1, 0.15) is 12.5 Å². The molecule has 0 aliphatic rings. The van der Waals surface area contributed by atoms with Crippen LogP contribution in [0.25, 0.3) is 0 Å². The van der Waals surface area contributed by atoms with E-state index in [1.165, 1.54) is 0 Å². The van der Waals surface area contributed by atoms with Crippen LogP contribution < -0.4 is 10.6 Å². The summed E-state index contributed by atoms with van der Waals surface area (Å²) < 4.78 is 0. The van der Waals surface area contributed by atoms with Crippen molar-refractivity contribution < 1.29 is 4.79 Å². The van der Waals surface area contributed by atoms with E-state index < -0.39 is 0 Å². The van der Waals surface area contributed by atoms with Gasteiger partial charge in [0.05, 0.1) is 17.9 Å². The minimum absolute atomic E-state index is 0.0766. The van der Waals surface area contributed by atoms with Crippen molar-refractivity contribution in [2.75, 3.05) is 37.8 Å². The van der Waals surface area contributed by atoms with Crippen molar-refractivity contribution in [3.05, 3.63) is 23.8 Å². The number of carbonyl (C=O) groups excluding carboxylic acids is 1. The van der Waals surface area contributed by atoms with Crippen LogP contribution in [0.4, 0.5) is 11.4 Å². The predicted molar refractivity (Wildman–Crippen MR) is 72.2 cm³/mol. The molecule has 0 fully saturated rings. The highest BCUT2D eigenvalue weighted by atomic mass is 16.2. The number of hydrogen-bond donors (Lipinski definition) is 1. The first-order valence-electron chi connectivity index (χ1n) is 5.77. The van der Waals surface area contributed by atoms with Crippen molar-refractivity contribution >= 4 is 17.3 Å². The molecule has 94 valence electrons. The van der Waals surface area contributed by atoms with Crippen molar-refractivity contribution in [1.82, 2.24) is 4.90 Å². The van der Waals surface area contributed by atoms with Crippen LogP contribution in [-0.2, 0) is 4.79 Å². The molecule has 0 heterocycles. The summed E-state index contributed by atoms with van der Waals surface area (Å²) in [5, 5.41) is 0. The normalized spacial score (nSPS) is 10.1. The molecule has 0 saturated carbocycles. The summed E-state index contributed by atoms with van der Waals surface area (Å²) in [4.78, 5) is 15.3. The minimum atomic E-state index is 0.0766. The molecular weight excluding hydrogens is 214 g/mol. The van der Waals surface area contributed by atoms with Gasteiger partial charge in [-0.2, -0.15) is 0 Å². The lowest BCUT2D eigenvalue weighted by Crippen LogP contribution is -2.36. The Morgan fingerprint density at radius 3 is 2.53 bits per heavy atom. The monoisotopic (exact) mass is 235 g/mol. The number of benzene rings is 1. The lowest BCUT2D eigenvalue weighted by Gasteiger charge is -2.26. The van der Waals surface area contributed by atoms with E-state index in [0.29, 0.717) is 6.54 Å². The van der Waals surface area contributed by atoms with Gasteiger partial charge in [0.2, 0.25) is 5.91 Å². The molecule has 1 aromatic rings. The van der Waals surface area contributed by atoms with Gasteiger partial charge in [-0.3, -0.25) is 4.79 Å². The molecule has 1 rings (SSSR count). The Morgan fingerprint density at radius 2 is 2.00 bits per heavy atom. The molecule has 4 nitrogen and oxygen atoms in total. The van der Waals surface area contributed by atoms with E-state index in [0.717, 1.165) is 23.5 Å². The number of amides is 1. The molecule has 4 heteroatoms. The minimum Gasteiger partial charge on any atom is -0.397 e. The van der Waals surface area contributed by atoms with E-state index >= 15 is 0 Å². The fourth-order valence-corrected chi connectivity index (χ4v) is 1.61. The number of nitrogens with two attached hydrogens (primary N) is 1. The van der Waals surface area contributed by atoms with Gasteiger partial charge in [0.15, 0.2) is 0 Å². The Balaban J connectivity index is 2.94. The summed E-state index contributed by atoms with van der Waals surface area (Å²) >= 11 is 0. The molecule has 0 unspecified atom stereocenters. The van der Waals surface area contributed by atoms with Crippen LogP contribution in [0.5, 0.6) is 0 Å². The molecule has 0 saturated heterocycles. The number of rotatable bonds is 4. The average molecular weight is 235 g/mol. The van der Waals surface area contributed by atoms with E-state index in [9.17, 15) is 4.79 Å². The fourth-order valence-electron chi connectivity index (χ4n) is 1.61. The van der Waals surface area contributed by atoms with Gasteiger partial charge in [0.1, 0.15) is 0 Å². The maximum atomic E-state index is 11.7. The summed E-state index contributed by atoms with van der Waals surface area (Å²) in [6.45, 7) is 5.11. The van der Waals surface area contributed by atoms with Gasteiger partial charge in [0, 0.05) is 20.6 Å². The second-order valence-electron chi connectivity index (χ2n) is 4.31. The Labute approximate surface area is 103 Å². The predicted octanol–water partition coefficient (Wildman–Crippen LogP) is 1.49. The summed E-state index contributed by atoms with van der Waals surface area (Å²) in [5.41, 5.74) is 8.77.